The number of thiophene rings is 1. The molecule has 2 rings (SSSR count). The molecule has 1 aromatic carbocycles. The first-order valence-corrected chi connectivity index (χ1v) is 8.12. The number of nitrogens with zero attached hydrogens (tertiary/aromatic N) is 1. The molecular formula is C18H16N2O3S. The van der Waals surface area contributed by atoms with Crippen LogP contribution in [0.2, 0.25) is 0 Å². The molecule has 1 N–H and O–H groups in total. The van der Waals surface area contributed by atoms with Crippen LogP contribution >= 0.6 is 11.3 Å². The molecule has 0 fully saturated rings. The fraction of sp³-hybridized carbons (Fsp3) is 0.167. The lowest BCUT2D eigenvalue weighted by atomic mass is 10.2. The van der Waals surface area contributed by atoms with Crippen LogP contribution < -0.4 is 5.32 Å². The van der Waals surface area contributed by atoms with E-state index in [1.54, 1.807) is 30.3 Å². The van der Waals surface area contributed by atoms with Gasteiger partial charge in [0.2, 0.25) is 0 Å². The van der Waals surface area contributed by atoms with Crippen LogP contribution in [0.1, 0.15) is 22.9 Å². The molecule has 0 aliphatic carbocycles. The summed E-state index contributed by atoms with van der Waals surface area (Å²) in [4.78, 5) is 24.9. The Balaban J connectivity index is 1.94. The van der Waals surface area contributed by atoms with Crippen LogP contribution in [0.15, 0.2) is 41.8 Å². The molecule has 0 saturated carbocycles. The Morgan fingerprint density at radius 1 is 1.33 bits per heavy atom. The third-order valence-electron chi connectivity index (χ3n) is 3.24. The molecule has 5 nitrogen and oxygen atoms in total. The fourth-order valence-corrected chi connectivity index (χ4v) is 2.71. The summed E-state index contributed by atoms with van der Waals surface area (Å²) in [7, 11) is 0. The molecule has 6 heteroatoms. The van der Waals surface area contributed by atoms with Gasteiger partial charge in [0.25, 0.3) is 5.91 Å². The number of nitrogens with one attached hydrogen (secondary N) is 1. The summed E-state index contributed by atoms with van der Waals surface area (Å²) < 4.78 is 5.08. The van der Waals surface area contributed by atoms with E-state index in [9.17, 15) is 9.59 Å². The molecular weight excluding hydrogens is 324 g/mol. The Morgan fingerprint density at radius 3 is 2.75 bits per heavy atom. The summed E-state index contributed by atoms with van der Waals surface area (Å²) in [6, 6.07) is 10.6. The van der Waals surface area contributed by atoms with Crippen LogP contribution in [-0.4, -0.2) is 18.0 Å². The number of amides is 1. The van der Waals surface area contributed by atoms with Gasteiger partial charge in [-0.1, -0.05) is 12.1 Å². The topological polar surface area (TPSA) is 79.2 Å². The third kappa shape index (κ3) is 4.54. The minimum Gasteiger partial charge on any atom is -0.449 e. The maximum absolute atomic E-state index is 12.1. The van der Waals surface area contributed by atoms with Gasteiger partial charge in [-0.2, -0.15) is 5.26 Å². The molecule has 122 valence electrons. The average molecular weight is 340 g/mol. The number of ether oxygens (including phenoxy) is 1. The van der Waals surface area contributed by atoms with E-state index in [2.05, 4.69) is 5.32 Å². The van der Waals surface area contributed by atoms with Crippen molar-refractivity contribution in [3.05, 3.63) is 57.8 Å². The highest BCUT2D eigenvalue weighted by Crippen LogP contribution is 2.17. The summed E-state index contributed by atoms with van der Waals surface area (Å²) in [6.07, 6.45) is 1.99. The van der Waals surface area contributed by atoms with Crippen molar-refractivity contribution in [3.63, 3.8) is 0 Å². The lowest BCUT2D eigenvalue weighted by Crippen LogP contribution is -2.29. The molecule has 1 amide bonds. The lowest BCUT2D eigenvalue weighted by molar-refractivity contribution is -0.148. The molecule has 24 heavy (non-hydrogen) atoms. The number of benzene rings is 1. The number of rotatable bonds is 5. The predicted molar refractivity (Wildman–Crippen MR) is 93.4 cm³/mol. The maximum atomic E-state index is 12.1. The average Bonchev–Trinajstić information content (AvgIpc) is 2.98. The van der Waals surface area contributed by atoms with Crippen molar-refractivity contribution in [3.8, 4) is 6.07 Å². The van der Waals surface area contributed by atoms with Crippen LogP contribution in [0.5, 0.6) is 0 Å². The van der Waals surface area contributed by atoms with E-state index in [0.717, 1.165) is 10.4 Å². The van der Waals surface area contributed by atoms with Gasteiger partial charge in [-0.25, -0.2) is 4.79 Å². The van der Waals surface area contributed by atoms with Gasteiger partial charge in [0.15, 0.2) is 6.10 Å². The highest BCUT2D eigenvalue weighted by molar-refractivity contribution is 7.11. The van der Waals surface area contributed by atoms with Gasteiger partial charge in [-0.05, 0) is 49.1 Å². The van der Waals surface area contributed by atoms with Crippen LogP contribution in [0, 0.1) is 18.3 Å². The minimum absolute atomic E-state index is 0.345. The summed E-state index contributed by atoms with van der Waals surface area (Å²) in [5.74, 6) is -1.09. The minimum atomic E-state index is -0.974. The second-order valence-corrected chi connectivity index (χ2v) is 5.97. The molecule has 0 bridgehead atoms. The van der Waals surface area contributed by atoms with E-state index < -0.39 is 18.0 Å². The van der Waals surface area contributed by atoms with Crippen molar-refractivity contribution in [2.45, 2.75) is 20.0 Å². The van der Waals surface area contributed by atoms with Gasteiger partial charge in [0.1, 0.15) is 6.07 Å². The third-order valence-corrected chi connectivity index (χ3v) is 4.22. The van der Waals surface area contributed by atoms with Gasteiger partial charge in [0, 0.05) is 11.0 Å². The molecule has 0 saturated heterocycles. The molecule has 1 heterocycles. The highest BCUT2D eigenvalue weighted by atomic mass is 32.1. The van der Waals surface area contributed by atoms with Crippen LogP contribution in [0.4, 0.5) is 5.69 Å². The predicted octanol–water partition coefficient (Wildman–Crippen LogP) is 3.51. The molecule has 0 spiro atoms. The number of carbonyl (C=O) groups is 2. The van der Waals surface area contributed by atoms with E-state index in [1.807, 2.05) is 24.4 Å². The number of hydrogen-bond donors (Lipinski definition) is 1. The Bertz CT molecular complexity index is 818. The molecule has 2 aromatic rings. The number of esters is 1. The van der Waals surface area contributed by atoms with Crippen LogP contribution in [0.3, 0.4) is 0 Å². The van der Waals surface area contributed by atoms with Crippen molar-refractivity contribution in [1.82, 2.24) is 0 Å². The lowest BCUT2D eigenvalue weighted by Gasteiger charge is -2.13. The zero-order valence-corrected chi connectivity index (χ0v) is 14.1. The summed E-state index contributed by atoms with van der Waals surface area (Å²) in [5.41, 5.74) is 1.80. The number of carbonyl (C=O) groups excluding carboxylic acids is 2. The summed E-state index contributed by atoms with van der Waals surface area (Å²) in [5, 5.41) is 13.5. The van der Waals surface area contributed by atoms with E-state index in [-0.39, 0.29) is 0 Å². The van der Waals surface area contributed by atoms with E-state index >= 15 is 0 Å². The fourth-order valence-electron chi connectivity index (χ4n) is 1.89. The second-order valence-electron chi connectivity index (χ2n) is 5.03. The zero-order chi connectivity index (χ0) is 17.5. The molecule has 0 aliphatic rings. The monoisotopic (exact) mass is 340 g/mol. The zero-order valence-electron chi connectivity index (χ0n) is 13.3. The van der Waals surface area contributed by atoms with Crippen molar-refractivity contribution in [2.24, 2.45) is 0 Å². The Labute approximate surface area is 144 Å². The molecule has 0 radical (unpaired) electrons. The molecule has 0 aliphatic heterocycles. The van der Waals surface area contributed by atoms with Gasteiger partial charge in [-0.3, -0.25) is 4.79 Å². The smallest absolute Gasteiger partial charge is 0.331 e. The Kier molecular flexibility index (Phi) is 5.88. The first-order valence-electron chi connectivity index (χ1n) is 7.24. The largest absolute Gasteiger partial charge is 0.449 e. The quantitative estimate of drug-likeness (QED) is 0.667. The van der Waals surface area contributed by atoms with Crippen molar-refractivity contribution >= 4 is 35.0 Å². The van der Waals surface area contributed by atoms with Crippen LogP contribution in [0.25, 0.3) is 6.08 Å². The van der Waals surface area contributed by atoms with Crippen molar-refractivity contribution in [1.29, 1.82) is 5.26 Å². The van der Waals surface area contributed by atoms with Crippen molar-refractivity contribution in [2.75, 3.05) is 5.32 Å². The maximum Gasteiger partial charge on any atom is 0.331 e. The summed E-state index contributed by atoms with van der Waals surface area (Å²) in [6.45, 7) is 3.43. The van der Waals surface area contributed by atoms with Crippen LogP contribution in [-0.2, 0) is 14.3 Å². The van der Waals surface area contributed by atoms with Gasteiger partial charge < -0.3 is 10.1 Å². The van der Waals surface area contributed by atoms with E-state index in [0.29, 0.717) is 11.3 Å². The summed E-state index contributed by atoms with van der Waals surface area (Å²) >= 11 is 1.52. The molecule has 1 aromatic heterocycles. The first kappa shape index (κ1) is 17.4. The van der Waals surface area contributed by atoms with Crippen molar-refractivity contribution < 1.29 is 14.3 Å². The number of hydrogen-bond acceptors (Lipinski definition) is 5. The molecule has 0 unspecified atom stereocenters. The van der Waals surface area contributed by atoms with E-state index in [4.69, 9.17) is 10.00 Å². The number of nitriles is 1. The first-order chi connectivity index (χ1) is 11.5. The Morgan fingerprint density at radius 2 is 2.08 bits per heavy atom. The normalized spacial score (nSPS) is 11.7. The van der Waals surface area contributed by atoms with Gasteiger partial charge in [-0.15, -0.1) is 11.3 Å². The number of aryl methyl sites for hydroxylation is 1. The SMILES string of the molecule is Cc1ccsc1/C=C/C(=O)O[C@@H](C)C(=O)Nc1ccccc1C#N. The standard InChI is InChI=1S/C18H16N2O3S/c1-12-9-10-24-16(12)7-8-17(21)23-13(2)18(22)20-15-6-4-3-5-14(15)11-19/h3-10,13H,1-2H3,(H,20,22)/b8-7+/t13-/m0/s1. The molecule has 1 atom stereocenters. The van der Waals surface area contributed by atoms with Gasteiger partial charge >= 0.3 is 5.97 Å². The van der Waals surface area contributed by atoms with Gasteiger partial charge in [0.05, 0.1) is 11.3 Å². The second kappa shape index (κ2) is 8.09. The van der Waals surface area contributed by atoms with E-state index in [1.165, 1.54) is 24.3 Å². The highest BCUT2D eigenvalue weighted by Gasteiger charge is 2.17. The number of anilines is 1. The number of para-hydroxylation sites is 1. The Hall–Kier alpha value is -2.91.